The van der Waals surface area contributed by atoms with Crippen molar-refractivity contribution in [3.8, 4) is 0 Å². The molecular weight excluding hydrogens is 379 g/mol. The predicted octanol–water partition coefficient (Wildman–Crippen LogP) is 5.22. The zero-order valence-electron chi connectivity index (χ0n) is 15.5. The van der Waals surface area contributed by atoms with Gasteiger partial charge in [0.2, 0.25) is 0 Å². The van der Waals surface area contributed by atoms with Gasteiger partial charge in [-0.2, -0.15) is 0 Å². The molecule has 0 spiro atoms. The molecule has 0 N–H and O–H groups in total. The van der Waals surface area contributed by atoms with Crippen molar-refractivity contribution in [1.29, 1.82) is 0 Å². The van der Waals surface area contributed by atoms with E-state index in [1.54, 1.807) is 18.2 Å². The molecule has 0 aromatic heterocycles. The molecule has 0 radical (unpaired) electrons. The molecule has 27 heavy (non-hydrogen) atoms. The van der Waals surface area contributed by atoms with Gasteiger partial charge in [0.15, 0.2) is 0 Å². The molecule has 1 aliphatic heterocycles. The Labute approximate surface area is 170 Å². The number of carbonyl (C=O) groups is 1. The van der Waals surface area contributed by atoms with Crippen LogP contribution >= 0.6 is 23.2 Å². The molecule has 2 atom stereocenters. The van der Waals surface area contributed by atoms with E-state index in [0.717, 1.165) is 25.9 Å². The summed E-state index contributed by atoms with van der Waals surface area (Å²) in [4.78, 5) is 17.8. The Morgan fingerprint density at radius 3 is 2.56 bits per heavy atom. The minimum Gasteiger partial charge on any atom is -0.333 e. The first-order valence-corrected chi connectivity index (χ1v) is 10.4. The van der Waals surface area contributed by atoms with Gasteiger partial charge in [-0.25, -0.2) is 0 Å². The van der Waals surface area contributed by atoms with Crippen molar-refractivity contribution < 1.29 is 4.79 Å². The largest absolute Gasteiger partial charge is 0.333 e. The maximum absolute atomic E-state index is 13.3. The Balaban J connectivity index is 1.70. The molecule has 1 aliphatic carbocycles. The number of hydrogen-bond donors (Lipinski definition) is 0. The van der Waals surface area contributed by atoms with Crippen molar-refractivity contribution >= 4 is 29.1 Å². The Bertz CT molecular complexity index is 848. The highest BCUT2D eigenvalue weighted by molar-refractivity contribution is 6.42. The van der Waals surface area contributed by atoms with E-state index >= 15 is 0 Å². The molecule has 2 aromatic carbocycles. The van der Waals surface area contributed by atoms with Gasteiger partial charge in [0.05, 0.1) is 16.1 Å². The molecule has 3 nitrogen and oxygen atoms in total. The van der Waals surface area contributed by atoms with Crippen LogP contribution in [0.15, 0.2) is 42.5 Å². The summed E-state index contributed by atoms with van der Waals surface area (Å²) in [7, 11) is 1.92. The smallest absolute Gasteiger partial charge is 0.254 e. The maximum Gasteiger partial charge on any atom is 0.254 e. The van der Waals surface area contributed by atoms with E-state index < -0.39 is 0 Å². The Kier molecular flexibility index (Phi) is 5.45. The first-order valence-electron chi connectivity index (χ1n) is 9.60. The van der Waals surface area contributed by atoms with Gasteiger partial charge in [-0.15, -0.1) is 0 Å². The van der Waals surface area contributed by atoms with E-state index in [-0.39, 0.29) is 11.9 Å². The third-order valence-corrected chi connectivity index (χ3v) is 6.70. The van der Waals surface area contributed by atoms with Gasteiger partial charge < -0.3 is 4.90 Å². The lowest BCUT2D eigenvalue weighted by Crippen LogP contribution is -2.48. The summed E-state index contributed by atoms with van der Waals surface area (Å²) in [5, 5.41) is 0.880. The average Bonchev–Trinajstić information content (AvgIpc) is 3.22. The second-order valence-electron chi connectivity index (χ2n) is 7.54. The number of hydrogen-bond acceptors (Lipinski definition) is 2. The van der Waals surface area contributed by atoms with Crippen molar-refractivity contribution in [2.45, 2.75) is 37.8 Å². The lowest BCUT2D eigenvalue weighted by Gasteiger charge is -2.43. The molecular formula is C22H24Cl2N2O. The minimum atomic E-state index is -0.0144. The van der Waals surface area contributed by atoms with Gasteiger partial charge in [-0.1, -0.05) is 47.5 Å². The van der Waals surface area contributed by atoms with Gasteiger partial charge in [0.25, 0.3) is 5.91 Å². The van der Waals surface area contributed by atoms with Crippen molar-refractivity contribution in [3.63, 3.8) is 0 Å². The number of nitrogens with zero attached hydrogens (tertiary/aromatic N) is 2. The van der Waals surface area contributed by atoms with E-state index in [0.29, 0.717) is 21.7 Å². The van der Waals surface area contributed by atoms with Gasteiger partial charge in [-0.3, -0.25) is 9.69 Å². The Hall–Kier alpha value is -1.55. The average molecular weight is 403 g/mol. The molecule has 2 aliphatic rings. The van der Waals surface area contributed by atoms with E-state index in [1.807, 2.05) is 11.9 Å². The quantitative estimate of drug-likeness (QED) is 0.702. The van der Waals surface area contributed by atoms with Crippen molar-refractivity contribution in [2.24, 2.45) is 0 Å². The fourth-order valence-corrected chi connectivity index (χ4v) is 4.90. The maximum atomic E-state index is 13.3. The monoisotopic (exact) mass is 402 g/mol. The summed E-state index contributed by atoms with van der Waals surface area (Å²) in [5.41, 5.74) is 3.21. The number of amides is 1. The Morgan fingerprint density at radius 1 is 1.07 bits per heavy atom. The van der Waals surface area contributed by atoms with Gasteiger partial charge in [-0.05, 0) is 68.1 Å². The lowest BCUT2D eigenvalue weighted by atomic mass is 9.82. The van der Waals surface area contributed by atoms with Crippen LogP contribution in [-0.4, -0.2) is 41.9 Å². The van der Waals surface area contributed by atoms with E-state index in [4.69, 9.17) is 23.2 Å². The Morgan fingerprint density at radius 2 is 1.81 bits per heavy atom. The molecule has 5 heteroatoms. The number of carbonyl (C=O) groups excluding carboxylic acids is 1. The number of aryl methyl sites for hydroxylation is 1. The molecule has 1 heterocycles. The fraction of sp³-hybridized carbons (Fsp3) is 0.409. The highest BCUT2D eigenvalue weighted by Gasteiger charge is 2.38. The van der Waals surface area contributed by atoms with Crippen molar-refractivity contribution in [3.05, 3.63) is 69.2 Å². The highest BCUT2D eigenvalue weighted by Crippen LogP contribution is 2.38. The van der Waals surface area contributed by atoms with E-state index in [1.165, 1.54) is 24.0 Å². The van der Waals surface area contributed by atoms with Crippen LogP contribution in [0.25, 0.3) is 0 Å². The van der Waals surface area contributed by atoms with Crippen LogP contribution in [-0.2, 0) is 6.42 Å². The van der Waals surface area contributed by atoms with E-state index in [9.17, 15) is 4.79 Å². The standard InChI is InChI=1S/C22H24Cl2N2O/c1-25(22(27)16-8-10-18(23)19(24)14-16)21-17-7-3-2-6-15(17)9-11-20(21)26-12-4-5-13-26/h2-3,6-8,10,14,20-21H,4-5,9,11-13H2,1H3. The van der Waals surface area contributed by atoms with Crippen molar-refractivity contribution in [2.75, 3.05) is 20.1 Å². The summed E-state index contributed by atoms with van der Waals surface area (Å²) in [6.45, 7) is 2.25. The summed E-state index contributed by atoms with van der Waals surface area (Å²) in [6.07, 6.45) is 4.65. The number of likely N-dealkylation sites (N-methyl/N-ethyl adjacent to an activating group) is 1. The highest BCUT2D eigenvalue weighted by atomic mass is 35.5. The number of likely N-dealkylation sites (tertiary alicyclic amines) is 1. The lowest BCUT2D eigenvalue weighted by molar-refractivity contribution is 0.0560. The van der Waals surface area contributed by atoms with Crippen LogP contribution in [0.4, 0.5) is 0 Å². The van der Waals surface area contributed by atoms with Crippen molar-refractivity contribution in [1.82, 2.24) is 9.80 Å². The molecule has 4 rings (SSSR count). The molecule has 0 bridgehead atoms. The summed E-state index contributed by atoms with van der Waals surface area (Å²) >= 11 is 12.2. The molecule has 1 amide bonds. The number of halogens is 2. The van der Waals surface area contributed by atoms with Crippen LogP contribution in [0.1, 0.15) is 46.8 Å². The number of fused-ring (bicyclic) bond motifs is 1. The van der Waals surface area contributed by atoms with Gasteiger partial charge >= 0.3 is 0 Å². The van der Waals surface area contributed by atoms with Crippen LogP contribution in [0.3, 0.4) is 0 Å². The topological polar surface area (TPSA) is 23.6 Å². The van der Waals surface area contributed by atoms with Gasteiger partial charge in [0, 0.05) is 18.7 Å². The third kappa shape index (κ3) is 3.61. The second kappa shape index (κ2) is 7.83. The summed E-state index contributed by atoms with van der Waals surface area (Å²) in [5.74, 6) is -0.0144. The molecule has 2 unspecified atom stereocenters. The zero-order valence-corrected chi connectivity index (χ0v) is 17.0. The SMILES string of the molecule is CN(C(=O)c1ccc(Cl)c(Cl)c1)C1c2ccccc2CCC1N1CCCC1. The number of benzene rings is 2. The third-order valence-electron chi connectivity index (χ3n) is 5.96. The summed E-state index contributed by atoms with van der Waals surface area (Å²) < 4.78 is 0. The molecule has 1 fully saturated rings. The molecule has 1 saturated heterocycles. The first-order chi connectivity index (χ1) is 13.1. The minimum absolute atomic E-state index is 0.0144. The number of rotatable bonds is 3. The van der Waals surface area contributed by atoms with Crippen LogP contribution in [0.5, 0.6) is 0 Å². The second-order valence-corrected chi connectivity index (χ2v) is 8.35. The zero-order chi connectivity index (χ0) is 19.0. The van der Waals surface area contributed by atoms with Gasteiger partial charge in [0.1, 0.15) is 0 Å². The first kappa shape index (κ1) is 18.8. The fourth-order valence-electron chi connectivity index (χ4n) is 4.60. The van der Waals surface area contributed by atoms with Crippen LogP contribution < -0.4 is 0 Å². The predicted molar refractivity (Wildman–Crippen MR) is 111 cm³/mol. The normalized spacial score (nSPS) is 22.5. The van der Waals surface area contributed by atoms with E-state index in [2.05, 4.69) is 29.2 Å². The summed E-state index contributed by atoms with van der Waals surface area (Å²) in [6, 6.07) is 14.1. The van der Waals surface area contributed by atoms with Crippen LogP contribution in [0.2, 0.25) is 10.0 Å². The molecule has 142 valence electrons. The van der Waals surface area contributed by atoms with Crippen LogP contribution in [0, 0.1) is 0 Å². The molecule has 0 saturated carbocycles. The molecule has 2 aromatic rings.